The summed E-state index contributed by atoms with van der Waals surface area (Å²) in [7, 11) is 5.71. The highest BCUT2D eigenvalue weighted by molar-refractivity contribution is 6.77. The molecule has 1 unspecified atom stereocenters. The molecule has 1 aromatic carbocycles. The zero-order valence-corrected chi connectivity index (χ0v) is 14.4. The molecule has 0 bridgehead atoms. The van der Waals surface area contributed by atoms with Crippen LogP contribution in [-0.2, 0) is 0 Å². The Morgan fingerprint density at radius 3 is 1.69 bits per heavy atom. The molecule has 0 spiro atoms. The normalized spacial score (nSPS) is 14.1. The summed E-state index contributed by atoms with van der Waals surface area (Å²) >= 11 is 0. The summed E-state index contributed by atoms with van der Waals surface area (Å²) in [5.74, 6) is 0. The summed E-state index contributed by atoms with van der Waals surface area (Å²) in [5, 5.41) is 0. The first-order valence-corrected chi connectivity index (χ1v) is 9.17. The van der Waals surface area contributed by atoms with Crippen LogP contribution >= 0.6 is 0 Å². The minimum atomic E-state index is -1.19. The summed E-state index contributed by atoms with van der Waals surface area (Å²) in [5.41, 5.74) is 2.16. The van der Waals surface area contributed by atoms with Gasteiger partial charge in [0.15, 0.2) is 0 Å². The van der Waals surface area contributed by atoms with Crippen molar-refractivity contribution in [2.45, 2.75) is 25.3 Å². The van der Waals surface area contributed by atoms with Gasteiger partial charge in [0, 0.05) is 5.56 Å². The van der Waals surface area contributed by atoms with Crippen LogP contribution in [0.2, 0.25) is 19.6 Å². The van der Waals surface area contributed by atoms with Gasteiger partial charge >= 0.3 is 0 Å². The third kappa shape index (κ3) is 4.18. The van der Waals surface area contributed by atoms with Crippen molar-refractivity contribution in [1.82, 2.24) is 0 Å². The van der Waals surface area contributed by atoms with Crippen molar-refractivity contribution < 1.29 is 28.5 Å². The van der Waals surface area contributed by atoms with Gasteiger partial charge in [-0.05, 0) is 0 Å². The lowest BCUT2D eigenvalue weighted by Gasteiger charge is -2.41. The fourth-order valence-corrected chi connectivity index (χ4v) is 6.26. The predicted octanol–water partition coefficient (Wildman–Crippen LogP) is 0.315. The second kappa shape index (κ2) is 5.64. The Morgan fingerprint density at radius 2 is 1.38 bits per heavy atom. The number of nitrogens with zero attached hydrogens (tertiary/aromatic N) is 1. The SMILES string of the molecule is C[N+](C)(C)C(c1ccccc1)[Si](C)(C)C.[I-]. The largest absolute Gasteiger partial charge is 1.00 e. The summed E-state index contributed by atoms with van der Waals surface area (Å²) in [4.78, 5) is 0. The zero-order chi connectivity index (χ0) is 11.7. The molecule has 0 fully saturated rings. The molecule has 0 N–H and O–H groups in total. The molecule has 3 heteroatoms. The molecule has 0 aliphatic carbocycles. The van der Waals surface area contributed by atoms with Crippen molar-refractivity contribution >= 4 is 8.07 Å². The third-order valence-electron chi connectivity index (χ3n) is 2.71. The van der Waals surface area contributed by atoms with Crippen LogP contribution in [-0.4, -0.2) is 33.7 Å². The second-order valence-electron chi connectivity index (χ2n) is 6.30. The monoisotopic (exact) mass is 349 g/mol. The lowest BCUT2D eigenvalue weighted by atomic mass is 10.2. The number of hydrogen-bond donors (Lipinski definition) is 0. The van der Waals surface area contributed by atoms with Gasteiger partial charge in [0.2, 0.25) is 0 Å². The van der Waals surface area contributed by atoms with Crippen LogP contribution in [0.5, 0.6) is 0 Å². The quantitative estimate of drug-likeness (QED) is 0.419. The molecular weight excluding hydrogens is 325 g/mol. The first-order valence-electron chi connectivity index (χ1n) is 5.59. The first-order chi connectivity index (χ1) is 6.73. The third-order valence-corrected chi connectivity index (χ3v) is 5.46. The van der Waals surface area contributed by atoms with Gasteiger partial charge in [-0.15, -0.1) is 0 Å². The van der Waals surface area contributed by atoms with Crippen LogP contribution in [0, 0.1) is 0 Å². The molecule has 1 nitrogen and oxygen atoms in total. The topological polar surface area (TPSA) is 0 Å². The molecule has 0 radical (unpaired) electrons. The van der Waals surface area contributed by atoms with E-state index in [9.17, 15) is 0 Å². The minimum Gasteiger partial charge on any atom is -1.00 e. The Labute approximate surface area is 118 Å². The molecule has 1 rings (SSSR count). The number of quaternary nitrogens is 1. The van der Waals surface area contributed by atoms with Gasteiger partial charge in [0.05, 0.1) is 26.8 Å². The van der Waals surface area contributed by atoms with Crippen molar-refractivity contribution in [2.24, 2.45) is 0 Å². The van der Waals surface area contributed by atoms with E-state index in [4.69, 9.17) is 0 Å². The lowest BCUT2D eigenvalue weighted by molar-refractivity contribution is -0.890. The summed E-state index contributed by atoms with van der Waals surface area (Å²) < 4.78 is 1.03. The van der Waals surface area contributed by atoms with E-state index in [0.29, 0.717) is 5.67 Å². The van der Waals surface area contributed by atoms with Crippen LogP contribution < -0.4 is 24.0 Å². The maximum atomic E-state index is 2.45. The summed E-state index contributed by atoms with van der Waals surface area (Å²) in [6, 6.07) is 10.9. The van der Waals surface area contributed by atoms with Gasteiger partial charge < -0.3 is 28.5 Å². The Bertz CT molecular complexity index is 297. The molecule has 0 heterocycles. The molecular formula is C13H24INSi. The van der Waals surface area contributed by atoms with E-state index in [1.807, 2.05) is 0 Å². The highest BCUT2D eigenvalue weighted by Gasteiger charge is 2.38. The van der Waals surface area contributed by atoms with E-state index in [1.165, 1.54) is 5.56 Å². The van der Waals surface area contributed by atoms with Gasteiger partial charge in [-0.3, -0.25) is 0 Å². The standard InChI is InChI=1S/C13H24NSi.HI/c1-14(2,3)13(15(4,5)6)12-10-8-7-9-11-12;/h7-11,13H,1-6H3;1H/q+1;/p-1. The van der Waals surface area contributed by atoms with Crippen molar-refractivity contribution in [1.29, 1.82) is 0 Å². The highest BCUT2D eigenvalue weighted by Crippen LogP contribution is 2.32. The Balaban J connectivity index is 0.00000225. The van der Waals surface area contributed by atoms with Crippen molar-refractivity contribution in [3.63, 3.8) is 0 Å². The molecule has 0 amide bonds. The number of rotatable bonds is 3. The van der Waals surface area contributed by atoms with Crippen molar-refractivity contribution in [2.75, 3.05) is 21.1 Å². The van der Waals surface area contributed by atoms with Crippen LogP contribution in [0.4, 0.5) is 0 Å². The Morgan fingerprint density at radius 1 is 0.938 bits per heavy atom. The molecule has 0 saturated carbocycles. The number of halogens is 1. The van der Waals surface area contributed by atoms with Gasteiger partial charge in [0.1, 0.15) is 8.07 Å². The van der Waals surface area contributed by atoms with Crippen LogP contribution in [0.15, 0.2) is 30.3 Å². The van der Waals surface area contributed by atoms with E-state index in [-0.39, 0.29) is 24.0 Å². The average Bonchev–Trinajstić information content (AvgIpc) is 2.00. The fraction of sp³-hybridized carbons (Fsp3) is 0.538. The van der Waals surface area contributed by atoms with E-state index < -0.39 is 8.07 Å². The van der Waals surface area contributed by atoms with Crippen LogP contribution in [0.25, 0.3) is 0 Å². The summed E-state index contributed by atoms with van der Waals surface area (Å²) in [6.07, 6.45) is 0. The lowest BCUT2D eigenvalue weighted by Crippen LogP contribution is -3.00. The van der Waals surface area contributed by atoms with Crippen LogP contribution in [0.1, 0.15) is 11.2 Å². The van der Waals surface area contributed by atoms with Crippen molar-refractivity contribution in [3.8, 4) is 0 Å². The maximum absolute atomic E-state index is 2.45. The van der Waals surface area contributed by atoms with E-state index in [1.54, 1.807) is 0 Å². The Kier molecular flexibility index (Phi) is 5.69. The molecule has 16 heavy (non-hydrogen) atoms. The second-order valence-corrected chi connectivity index (χ2v) is 11.6. The van der Waals surface area contributed by atoms with E-state index >= 15 is 0 Å². The molecule has 1 atom stereocenters. The molecule has 92 valence electrons. The molecule has 0 aliphatic heterocycles. The minimum absolute atomic E-state index is 0. The van der Waals surface area contributed by atoms with Crippen LogP contribution in [0.3, 0.4) is 0 Å². The van der Waals surface area contributed by atoms with Gasteiger partial charge in [-0.25, -0.2) is 0 Å². The average molecular weight is 349 g/mol. The molecule has 0 aliphatic rings. The zero-order valence-electron chi connectivity index (χ0n) is 11.3. The molecule has 0 saturated heterocycles. The maximum Gasteiger partial charge on any atom is 0.120 e. The van der Waals surface area contributed by atoms with Gasteiger partial charge in [-0.2, -0.15) is 0 Å². The number of hydrogen-bond acceptors (Lipinski definition) is 0. The van der Waals surface area contributed by atoms with E-state index in [2.05, 4.69) is 71.1 Å². The van der Waals surface area contributed by atoms with Crippen molar-refractivity contribution in [3.05, 3.63) is 35.9 Å². The smallest absolute Gasteiger partial charge is 0.120 e. The first kappa shape index (κ1) is 16.1. The highest BCUT2D eigenvalue weighted by atomic mass is 127. The fourth-order valence-electron chi connectivity index (χ4n) is 2.74. The number of benzene rings is 1. The van der Waals surface area contributed by atoms with Gasteiger partial charge in [0.25, 0.3) is 0 Å². The Hall–Kier alpha value is 0.127. The molecule has 0 aromatic heterocycles. The van der Waals surface area contributed by atoms with E-state index in [0.717, 1.165) is 4.48 Å². The van der Waals surface area contributed by atoms with Gasteiger partial charge in [-0.1, -0.05) is 50.0 Å². The molecule has 1 aromatic rings. The summed E-state index contributed by atoms with van der Waals surface area (Å²) in [6.45, 7) is 7.36. The predicted molar refractivity (Wildman–Crippen MR) is 70.6 cm³/mol.